The second kappa shape index (κ2) is 7.21. The fourth-order valence-corrected chi connectivity index (χ4v) is 1.93. The molecule has 0 aromatic heterocycles. The van der Waals surface area contributed by atoms with Crippen LogP contribution < -0.4 is 10.1 Å². The van der Waals surface area contributed by atoms with Gasteiger partial charge >= 0.3 is 0 Å². The Morgan fingerprint density at radius 2 is 1.87 bits per heavy atom. The Kier molecular flexibility index (Phi) is 5.08. The Morgan fingerprint density at radius 3 is 2.52 bits per heavy atom. The smallest absolute Gasteiger partial charge is 0.299 e. The fraction of sp³-hybridized carbons (Fsp3) is 0.200. The molecule has 8 heteroatoms. The van der Waals surface area contributed by atoms with Crippen molar-refractivity contribution in [3.05, 3.63) is 62.7 Å². The van der Waals surface area contributed by atoms with Crippen molar-refractivity contribution in [2.75, 3.05) is 11.9 Å². The lowest BCUT2D eigenvalue weighted by Gasteiger charge is -2.09. The van der Waals surface area contributed by atoms with Crippen LogP contribution in [0.4, 0.5) is 22.7 Å². The van der Waals surface area contributed by atoms with Crippen LogP contribution in [0.1, 0.15) is 13.3 Å². The van der Waals surface area contributed by atoms with Crippen LogP contribution in [-0.4, -0.2) is 16.5 Å². The first-order valence-corrected chi connectivity index (χ1v) is 6.94. The van der Waals surface area contributed by atoms with Gasteiger partial charge in [-0.15, -0.1) is 0 Å². The maximum absolute atomic E-state index is 11.1. The number of nitro groups is 2. The van der Waals surface area contributed by atoms with Crippen LogP contribution in [0.15, 0.2) is 42.5 Å². The molecule has 0 unspecified atom stereocenters. The number of nitrogens with zero attached hydrogens (tertiary/aromatic N) is 2. The number of nitrogens with one attached hydrogen (secondary N) is 1. The molecule has 23 heavy (non-hydrogen) atoms. The first-order valence-electron chi connectivity index (χ1n) is 6.94. The third kappa shape index (κ3) is 4.16. The number of hydrogen-bond donors (Lipinski definition) is 1. The zero-order valence-electron chi connectivity index (χ0n) is 12.4. The lowest BCUT2D eigenvalue weighted by molar-refractivity contribution is -0.393. The molecule has 0 saturated carbocycles. The summed E-state index contributed by atoms with van der Waals surface area (Å²) in [6.07, 6.45) is 0.867. The molecule has 0 amide bonds. The number of rotatable bonds is 7. The van der Waals surface area contributed by atoms with Crippen molar-refractivity contribution in [3.63, 3.8) is 0 Å². The maximum Gasteiger partial charge on any atom is 0.299 e. The summed E-state index contributed by atoms with van der Waals surface area (Å²) in [6.45, 7) is 2.56. The SMILES string of the molecule is CCCOc1cccc(Nc2ccc([N+](=O)[O-])cc2[N+](=O)[O-])c1. The molecule has 0 aliphatic carbocycles. The maximum atomic E-state index is 11.1. The van der Waals surface area contributed by atoms with Gasteiger partial charge in [0.25, 0.3) is 11.4 Å². The van der Waals surface area contributed by atoms with E-state index in [1.165, 1.54) is 12.1 Å². The number of anilines is 2. The molecule has 2 rings (SSSR count). The van der Waals surface area contributed by atoms with Crippen molar-refractivity contribution in [1.82, 2.24) is 0 Å². The van der Waals surface area contributed by atoms with E-state index in [-0.39, 0.29) is 17.1 Å². The molecule has 2 aromatic carbocycles. The van der Waals surface area contributed by atoms with Gasteiger partial charge in [0.2, 0.25) is 0 Å². The van der Waals surface area contributed by atoms with Crippen LogP contribution in [0.3, 0.4) is 0 Å². The zero-order chi connectivity index (χ0) is 16.8. The van der Waals surface area contributed by atoms with Crippen LogP contribution in [-0.2, 0) is 0 Å². The lowest BCUT2D eigenvalue weighted by Crippen LogP contribution is -1.99. The molecule has 0 fully saturated rings. The van der Waals surface area contributed by atoms with Crippen molar-refractivity contribution in [1.29, 1.82) is 0 Å². The van der Waals surface area contributed by atoms with Crippen LogP contribution in [0.5, 0.6) is 5.75 Å². The first kappa shape index (κ1) is 16.2. The Hall–Kier alpha value is -3.16. The van der Waals surface area contributed by atoms with Crippen molar-refractivity contribution < 1.29 is 14.6 Å². The summed E-state index contributed by atoms with van der Waals surface area (Å²) >= 11 is 0. The topological polar surface area (TPSA) is 108 Å². The van der Waals surface area contributed by atoms with Crippen LogP contribution in [0.2, 0.25) is 0 Å². The van der Waals surface area contributed by atoms with E-state index in [1.54, 1.807) is 24.3 Å². The van der Waals surface area contributed by atoms with E-state index in [2.05, 4.69) is 5.32 Å². The highest BCUT2D eigenvalue weighted by molar-refractivity contribution is 5.72. The molecule has 0 atom stereocenters. The fourth-order valence-electron chi connectivity index (χ4n) is 1.93. The Bertz CT molecular complexity index is 733. The summed E-state index contributed by atoms with van der Waals surface area (Å²) in [4.78, 5) is 20.5. The minimum Gasteiger partial charge on any atom is -0.494 e. The predicted octanol–water partition coefficient (Wildman–Crippen LogP) is 4.04. The molecule has 0 aliphatic heterocycles. The second-order valence-electron chi connectivity index (χ2n) is 4.72. The Morgan fingerprint density at radius 1 is 1.09 bits per heavy atom. The van der Waals surface area contributed by atoms with Gasteiger partial charge in [-0.25, -0.2) is 0 Å². The van der Waals surface area contributed by atoms with E-state index in [1.807, 2.05) is 6.92 Å². The average molecular weight is 317 g/mol. The number of nitro benzene ring substituents is 2. The van der Waals surface area contributed by atoms with Crippen LogP contribution in [0.25, 0.3) is 0 Å². The van der Waals surface area contributed by atoms with Gasteiger partial charge in [0, 0.05) is 17.8 Å². The van der Waals surface area contributed by atoms with E-state index in [9.17, 15) is 20.2 Å². The zero-order valence-corrected chi connectivity index (χ0v) is 12.4. The standard InChI is InChI=1S/C15H15N3O5/c1-2-8-23-13-5-3-4-11(9-13)16-14-7-6-12(17(19)20)10-15(14)18(21)22/h3-7,9-10,16H,2,8H2,1H3. The van der Waals surface area contributed by atoms with Gasteiger partial charge in [-0.1, -0.05) is 13.0 Å². The Labute approximate surface area is 132 Å². The summed E-state index contributed by atoms with van der Waals surface area (Å²) in [5, 5.41) is 24.7. The number of benzene rings is 2. The summed E-state index contributed by atoms with van der Waals surface area (Å²) in [5.41, 5.74) is 0.0742. The summed E-state index contributed by atoms with van der Waals surface area (Å²) in [6, 6.07) is 10.4. The largest absolute Gasteiger partial charge is 0.494 e. The van der Waals surface area contributed by atoms with E-state index in [4.69, 9.17) is 4.74 Å². The van der Waals surface area contributed by atoms with Gasteiger partial charge in [-0.05, 0) is 24.6 Å². The number of hydrogen-bond acceptors (Lipinski definition) is 6. The molecular formula is C15H15N3O5. The van der Waals surface area contributed by atoms with Crippen molar-refractivity contribution in [2.45, 2.75) is 13.3 Å². The minimum absolute atomic E-state index is 0.174. The van der Waals surface area contributed by atoms with Gasteiger partial charge in [0.15, 0.2) is 0 Å². The molecule has 0 aliphatic rings. The lowest BCUT2D eigenvalue weighted by atomic mass is 10.2. The second-order valence-corrected chi connectivity index (χ2v) is 4.72. The third-order valence-corrected chi connectivity index (χ3v) is 2.97. The Balaban J connectivity index is 2.29. The van der Waals surface area contributed by atoms with Gasteiger partial charge in [-0.2, -0.15) is 0 Å². The average Bonchev–Trinajstić information content (AvgIpc) is 2.53. The molecular weight excluding hydrogens is 302 g/mol. The molecule has 0 heterocycles. The van der Waals surface area contributed by atoms with Gasteiger partial charge in [0.05, 0.1) is 22.5 Å². The monoisotopic (exact) mass is 317 g/mol. The molecule has 0 saturated heterocycles. The number of ether oxygens (including phenoxy) is 1. The molecule has 0 spiro atoms. The van der Waals surface area contributed by atoms with Crippen LogP contribution >= 0.6 is 0 Å². The normalized spacial score (nSPS) is 10.1. The third-order valence-electron chi connectivity index (χ3n) is 2.97. The summed E-state index contributed by atoms with van der Waals surface area (Å²) in [7, 11) is 0. The van der Waals surface area contributed by atoms with Gasteiger partial charge in [-0.3, -0.25) is 20.2 Å². The first-order chi connectivity index (χ1) is 11.0. The van der Waals surface area contributed by atoms with Gasteiger partial charge in [0.1, 0.15) is 11.4 Å². The van der Waals surface area contributed by atoms with E-state index in [0.717, 1.165) is 12.5 Å². The van der Waals surface area contributed by atoms with Crippen molar-refractivity contribution >= 4 is 22.7 Å². The van der Waals surface area contributed by atoms with E-state index >= 15 is 0 Å². The number of non-ortho nitro benzene ring substituents is 1. The molecule has 1 N–H and O–H groups in total. The quantitative estimate of drug-likeness (QED) is 0.610. The summed E-state index contributed by atoms with van der Waals surface area (Å²) in [5.74, 6) is 0.640. The van der Waals surface area contributed by atoms with Crippen molar-refractivity contribution in [3.8, 4) is 5.75 Å². The minimum atomic E-state index is -0.671. The van der Waals surface area contributed by atoms with Crippen molar-refractivity contribution in [2.24, 2.45) is 0 Å². The molecule has 8 nitrogen and oxygen atoms in total. The predicted molar refractivity (Wildman–Crippen MR) is 85.3 cm³/mol. The molecule has 120 valence electrons. The van der Waals surface area contributed by atoms with Gasteiger partial charge < -0.3 is 10.1 Å². The van der Waals surface area contributed by atoms with E-state index < -0.39 is 9.85 Å². The highest BCUT2D eigenvalue weighted by Crippen LogP contribution is 2.32. The molecule has 2 aromatic rings. The summed E-state index contributed by atoms with van der Waals surface area (Å²) < 4.78 is 5.50. The van der Waals surface area contributed by atoms with Crippen LogP contribution in [0, 0.1) is 20.2 Å². The van der Waals surface area contributed by atoms with E-state index in [0.29, 0.717) is 18.0 Å². The highest BCUT2D eigenvalue weighted by Gasteiger charge is 2.19. The molecule has 0 bridgehead atoms. The molecule has 0 radical (unpaired) electrons. The highest BCUT2D eigenvalue weighted by atomic mass is 16.6.